The highest BCUT2D eigenvalue weighted by atomic mass is 16.3. The molecular weight excluding hydrogens is 196 g/mol. The van der Waals surface area contributed by atoms with Crippen molar-refractivity contribution in [2.24, 2.45) is 29.6 Å². The quantitative estimate of drug-likeness (QED) is 0.755. The Hall–Kier alpha value is -0.0400. The molecule has 0 aromatic rings. The average Bonchev–Trinajstić information content (AvgIpc) is 2.17. The van der Waals surface area contributed by atoms with Gasteiger partial charge >= 0.3 is 0 Å². The van der Waals surface area contributed by atoms with Gasteiger partial charge in [-0.2, -0.15) is 0 Å². The minimum atomic E-state index is -0.288. The van der Waals surface area contributed by atoms with Gasteiger partial charge in [-0.05, 0) is 55.3 Å². The van der Waals surface area contributed by atoms with E-state index in [0.717, 1.165) is 36.5 Å². The number of hydrogen-bond acceptors (Lipinski definition) is 1. The van der Waals surface area contributed by atoms with Gasteiger partial charge in [-0.1, -0.05) is 34.1 Å². The van der Waals surface area contributed by atoms with E-state index in [9.17, 15) is 5.11 Å². The van der Waals surface area contributed by atoms with Crippen molar-refractivity contribution in [2.45, 2.75) is 65.4 Å². The van der Waals surface area contributed by atoms with E-state index in [0.29, 0.717) is 5.92 Å². The molecule has 0 heterocycles. The molecule has 0 amide bonds. The third-order valence-electron chi connectivity index (χ3n) is 5.53. The summed E-state index contributed by atoms with van der Waals surface area (Å²) in [5.41, 5.74) is -0.288. The van der Waals surface area contributed by atoms with Crippen molar-refractivity contribution < 1.29 is 5.11 Å². The lowest BCUT2D eigenvalue weighted by Crippen LogP contribution is -2.52. The maximum atomic E-state index is 10.7. The molecule has 0 aromatic heterocycles. The summed E-state index contributed by atoms with van der Waals surface area (Å²) in [4.78, 5) is 0. The molecule has 94 valence electrons. The van der Waals surface area contributed by atoms with Crippen LogP contribution in [0.25, 0.3) is 0 Å². The van der Waals surface area contributed by atoms with Gasteiger partial charge in [0.05, 0.1) is 5.60 Å². The Morgan fingerprint density at radius 1 is 1.06 bits per heavy atom. The van der Waals surface area contributed by atoms with Gasteiger partial charge in [0.25, 0.3) is 0 Å². The van der Waals surface area contributed by atoms with E-state index in [1.807, 2.05) is 0 Å². The standard InChI is InChI=1S/C15H28O/c1-10(2)13-8-15(16,9-13)14-6-5-11(3)12(4)7-14/h10-14,16H,5-9H2,1-4H3. The first-order valence-corrected chi connectivity index (χ1v) is 7.14. The van der Waals surface area contributed by atoms with Crippen molar-refractivity contribution in [1.29, 1.82) is 0 Å². The number of aliphatic hydroxyl groups is 1. The van der Waals surface area contributed by atoms with E-state index < -0.39 is 0 Å². The Labute approximate surface area is 101 Å². The van der Waals surface area contributed by atoms with Gasteiger partial charge in [-0.25, -0.2) is 0 Å². The second kappa shape index (κ2) is 4.33. The molecule has 16 heavy (non-hydrogen) atoms. The van der Waals surface area contributed by atoms with E-state index in [4.69, 9.17) is 0 Å². The lowest BCUT2D eigenvalue weighted by molar-refractivity contribution is -0.143. The van der Waals surface area contributed by atoms with Crippen LogP contribution in [0.2, 0.25) is 0 Å². The first-order chi connectivity index (χ1) is 7.42. The molecule has 2 rings (SSSR count). The fraction of sp³-hybridized carbons (Fsp3) is 1.00. The van der Waals surface area contributed by atoms with Crippen LogP contribution in [0.15, 0.2) is 0 Å². The van der Waals surface area contributed by atoms with Crippen LogP contribution in [-0.2, 0) is 0 Å². The summed E-state index contributed by atoms with van der Waals surface area (Å²) in [6, 6.07) is 0. The van der Waals surface area contributed by atoms with Gasteiger partial charge in [-0.15, -0.1) is 0 Å². The van der Waals surface area contributed by atoms with Crippen LogP contribution in [0.3, 0.4) is 0 Å². The lowest BCUT2D eigenvalue weighted by atomic mass is 9.57. The van der Waals surface area contributed by atoms with Crippen molar-refractivity contribution in [2.75, 3.05) is 0 Å². The Morgan fingerprint density at radius 3 is 2.19 bits per heavy atom. The Bertz CT molecular complexity index is 240. The van der Waals surface area contributed by atoms with E-state index >= 15 is 0 Å². The third-order valence-corrected chi connectivity index (χ3v) is 5.53. The number of hydrogen-bond donors (Lipinski definition) is 1. The molecule has 0 bridgehead atoms. The zero-order valence-electron chi connectivity index (χ0n) is 11.4. The molecule has 0 aliphatic heterocycles. The van der Waals surface area contributed by atoms with Crippen LogP contribution in [0.1, 0.15) is 59.8 Å². The second-order valence-electron chi connectivity index (χ2n) is 6.98. The SMILES string of the molecule is CC(C)C1CC(O)(C2CCC(C)C(C)C2)C1. The smallest absolute Gasteiger partial charge is 0.0681 e. The van der Waals surface area contributed by atoms with E-state index in [2.05, 4.69) is 27.7 Å². The molecule has 0 aromatic carbocycles. The molecule has 3 unspecified atom stereocenters. The fourth-order valence-electron chi connectivity index (χ4n) is 3.69. The average molecular weight is 224 g/mol. The molecule has 3 atom stereocenters. The maximum absolute atomic E-state index is 10.7. The topological polar surface area (TPSA) is 20.2 Å². The Kier molecular flexibility index (Phi) is 3.36. The van der Waals surface area contributed by atoms with Gasteiger partial charge in [0.15, 0.2) is 0 Å². The van der Waals surface area contributed by atoms with Gasteiger partial charge in [0, 0.05) is 0 Å². The Morgan fingerprint density at radius 2 is 1.69 bits per heavy atom. The molecule has 2 aliphatic carbocycles. The highest BCUT2D eigenvalue weighted by Crippen LogP contribution is 2.51. The molecule has 2 aliphatic rings. The Balaban J connectivity index is 1.90. The second-order valence-corrected chi connectivity index (χ2v) is 6.98. The molecule has 1 N–H and O–H groups in total. The molecule has 0 spiro atoms. The van der Waals surface area contributed by atoms with Crippen LogP contribution in [0.5, 0.6) is 0 Å². The molecule has 1 nitrogen and oxygen atoms in total. The summed E-state index contributed by atoms with van der Waals surface area (Å²) >= 11 is 0. The summed E-state index contributed by atoms with van der Waals surface area (Å²) in [5.74, 6) is 3.79. The molecule has 0 saturated heterocycles. The van der Waals surface area contributed by atoms with Crippen molar-refractivity contribution >= 4 is 0 Å². The van der Waals surface area contributed by atoms with E-state index in [1.165, 1.54) is 19.3 Å². The van der Waals surface area contributed by atoms with Gasteiger partial charge in [0.1, 0.15) is 0 Å². The lowest BCUT2D eigenvalue weighted by Gasteiger charge is -2.52. The van der Waals surface area contributed by atoms with Crippen LogP contribution in [-0.4, -0.2) is 10.7 Å². The summed E-state index contributed by atoms with van der Waals surface area (Å²) in [5, 5.41) is 10.7. The summed E-state index contributed by atoms with van der Waals surface area (Å²) in [7, 11) is 0. The molecule has 2 saturated carbocycles. The largest absolute Gasteiger partial charge is 0.390 e. The predicted molar refractivity (Wildman–Crippen MR) is 68.2 cm³/mol. The molecular formula is C15H28O. The highest BCUT2D eigenvalue weighted by Gasteiger charge is 2.49. The first-order valence-electron chi connectivity index (χ1n) is 7.14. The summed E-state index contributed by atoms with van der Waals surface area (Å²) < 4.78 is 0. The fourth-order valence-corrected chi connectivity index (χ4v) is 3.69. The van der Waals surface area contributed by atoms with Crippen LogP contribution < -0.4 is 0 Å². The van der Waals surface area contributed by atoms with Gasteiger partial charge in [0.2, 0.25) is 0 Å². The minimum Gasteiger partial charge on any atom is -0.390 e. The third kappa shape index (κ3) is 2.16. The van der Waals surface area contributed by atoms with Crippen molar-refractivity contribution in [3.8, 4) is 0 Å². The monoisotopic (exact) mass is 224 g/mol. The van der Waals surface area contributed by atoms with Crippen LogP contribution in [0.4, 0.5) is 0 Å². The summed E-state index contributed by atoms with van der Waals surface area (Å²) in [6.07, 6.45) is 5.96. The van der Waals surface area contributed by atoms with Crippen molar-refractivity contribution in [1.82, 2.24) is 0 Å². The zero-order chi connectivity index (χ0) is 11.9. The van der Waals surface area contributed by atoms with E-state index in [-0.39, 0.29) is 5.60 Å². The first kappa shape index (κ1) is 12.4. The van der Waals surface area contributed by atoms with Crippen molar-refractivity contribution in [3.63, 3.8) is 0 Å². The molecule has 0 radical (unpaired) electrons. The minimum absolute atomic E-state index is 0.288. The van der Waals surface area contributed by atoms with Gasteiger partial charge in [-0.3, -0.25) is 0 Å². The molecule has 2 fully saturated rings. The maximum Gasteiger partial charge on any atom is 0.0681 e. The van der Waals surface area contributed by atoms with Crippen LogP contribution in [0, 0.1) is 29.6 Å². The predicted octanol–water partition coefficient (Wildman–Crippen LogP) is 3.86. The zero-order valence-corrected chi connectivity index (χ0v) is 11.4. The normalized spacial score (nSPS) is 49.1. The van der Waals surface area contributed by atoms with Crippen LogP contribution >= 0.6 is 0 Å². The highest BCUT2D eigenvalue weighted by molar-refractivity contribution is 5.01. The van der Waals surface area contributed by atoms with Gasteiger partial charge < -0.3 is 5.11 Å². The van der Waals surface area contributed by atoms with E-state index in [1.54, 1.807) is 0 Å². The summed E-state index contributed by atoms with van der Waals surface area (Å²) in [6.45, 7) is 9.30. The van der Waals surface area contributed by atoms with Crippen molar-refractivity contribution in [3.05, 3.63) is 0 Å². The molecule has 1 heteroatoms. The number of rotatable bonds is 2.